The summed E-state index contributed by atoms with van der Waals surface area (Å²) < 4.78 is 6.80. The molecule has 6 nitrogen and oxygen atoms in total. The zero-order valence-corrected chi connectivity index (χ0v) is 13.1. The first-order chi connectivity index (χ1) is 10.7. The molecule has 0 unspecified atom stereocenters. The lowest BCUT2D eigenvalue weighted by Gasteiger charge is -2.33. The second-order valence-electron chi connectivity index (χ2n) is 5.49. The predicted octanol–water partition coefficient (Wildman–Crippen LogP) is 2.49. The molecule has 0 amide bonds. The zero-order chi connectivity index (χ0) is 15.1. The summed E-state index contributed by atoms with van der Waals surface area (Å²) in [5.74, 6) is 0.551. The molecule has 7 heteroatoms. The van der Waals surface area contributed by atoms with Gasteiger partial charge in [-0.1, -0.05) is 0 Å². The molecule has 3 N–H and O–H groups in total. The third-order valence-electron chi connectivity index (χ3n) is 3.83. The number of anilines is 2. The number of hydrogen-bond acceptors (Lipinski definition) is 6. The number of ether oxygens (including phenoxy) is 1. The number of nitrogens with two attached hydrogens (primary N) is 1. The average molecular weight is 315 g/mol. The number of morpholine rings is 1. The molecule has 22 heavy (non-hydrogen) atoms. The van der Waals surface area contributed by atoms with Gasteiger partial charge in [-0.3, -0.25) is 5.10 Å². The topological polar surface area (TPSA) is 80.1 Å². The lowest BCUT2D eigenvalue weighted by molar-refractivity contribution is 0.0533. The van der Waals surface area contributed by atoms with Crippen molar-refractivity contribution in [3.63, 3.8) is 0 Å². The Morgan fingerprint density at radius 1 is 1.45 bits per heavy atom. The Morgan fingerprint density at radius 2 is 2.36 bits per heavy atom. The number of nitrogens with one attached hydrogen (secondary N) is 1. The van der Waals surface area contributed by atoms with Crippen LogP contribution >= 0.6 is 11.3 Å². The molecular weight excluding hydrogens is 298 g/mol. The van der Waals surface area contributed by atoms with Gasteiger partial charge in [0.25, 0.3) is 0 Å². The second kappa shape index (κ2) is 5.26. The van der Waals surface area contributed by atoms with E-state index in [9.17, 15) is 0 Å². The summed E-state index contributed by atoms with van der Waals surface area (Å²) in [6, 6.07) is 6.00. The number of thiophene rings is 1. The molecule has 1 saturated heterocycles. The van der Waals surface area contributed by atoms with Gasteiger partial charge in [0, 0.05) is 25.4 Å². The summed E-state index contributed by atoms with van der Waals surface area (Å²) in [5.41, 5.74) is 9.09. The molecule has 1 aliphatic rings. The minimum absolute atomic E-state index is 0.227. The Kier molecular flexibility index (Phi) is 3.24. The van der Waals surface area contributed by atoms with Gasteiger partial charge in [0.2, 0.25) is 0 Å². The van der Waals surface area contributed by atoms with Crippen LogP contribution in [-0.4, -0.2) is 41.0 Å². The van der Waals surface area contributed by atoms with Crippen molar-refractivity contribution in [2.24, 2.45) is 0 Å². The number of aromatic nitrogens is 3. The Labute approximate surface area is 131 Å². The van der Waals surface area contributed by atoms with Crippen molar-refractivity contribution in [2.45, 2.75) is 13.0 Å². The Hall–Kier alpha value is -2.12. The lowest BCUT2D eigenvalue weighted by atomic mass is 10.2. The van der Waals surface area contributed by atoms with Gasteiger partial charge in [0.15, 0.2) is 0 Å². The number of hydrogen-bond donors (Lipinski definition) is 2. The molecule has 1 aliphatic heterocycles. The normalized spacial score (nSPS) is 19.0. The van der Waals surface area contributed by atoms with Crippen LogP contribution in [0.1, 0.15) is 6.92 Å². The highest BCUT2D eigenvalue weighted by Gasteiger charge is 2.21. The van der Waals surface area contributed by atoms with Crippen molar-refractivity contribution in [1.29, 1.82) is 0 Å². The van der Waals surface area contributed by atoms with E-state index in [0.717, 1.165) is 46.2 Å². The van der Waals surface area contributed by atoms with Crippen LogP contribution in [0.4, 0.5) is 11.5 Å². The summed E-state index contributed by atoms with van der Waals surface area (Å²) in [5, 5.41) is 7.02. The minimum atomic E-state index is 0.227. The molecule has 1 atom stereocenters. The van der Waals surface area contributed by atoms with E-state index >= 15 is 0 Å². The molecule has 4 rings (SSSR count). The van der Waals surface area contributed by atoms with Crippen LogP contribution in [0.15, 0.2) is 24.4 Å². The molecule has 1 fully saturated rings. The predicted molar refractivity (Wildman–Crippen MR) is 89.2 cm³/mol. The van der Waals surface area contributed by atoms with Crippen LogP contribution in [-0.2, 0) is 4.74 Å². The molecule has 0 aliphatic carbocycles. The van der Waals surface area contributed by atoms with E-state index in [1.54, 1.807) is 17.5 Å². The molecular formula is C15H17N5OS. The van der Waals surface area contributed by atoms with Gasteiger partial charge in [-0.2, -0.15) is 5.10 Å². The van der Waals surface area contributed by atoms with Gasteiger partial charge < -0.3 is 15.4 Å². The van der Waals surface area contributed by atoms with Crippen LogP contribution in [0.25, 0.3) is 20.8 Å². The molecule has 114 valence electrons. The van der Waals surface area contributed by atoms with E-state index in [1.165, 1.54) is 0 Å². The Balaban J connectivity index is 1.83. The molecule has 0 radical (unpaired) electrons. The van der Waals surface area contributed by atoms with Crippen LogP contribution < -0.4 is 10.6 Å². The first kappa shape index (κ1) is 13.5. The smallest absolute Gasteiger partial charge is 0.126 e. The highest BCUT2D eigenvalue weighted by atomic mass is 32.1. The fourth-order valence-electron chi connectivity index (χ4n) is 2.82. The maximum atomic E-state index is 6.01. The number of aromatic amines is 1. The quantitative estimate of drug-likeness (QED) is 0.759. The molecule has 0 aromatic carbocycles. The highest BCUT2D eigenvalue weighted by molar-refractivity contribution is 7.22. The zero-order valence-electron chi connectivity index (χ0n) is 12.2. The van der Waals surface area contributed by atoms with Gasteiger partial charge in [0.05, 0.1) is 39.2 Å². The van der Waals surface area contributed by atoms with Crippen molar-refractivity contribution >= 4 is 33.1 Å². The van der Waals surface area contributed by atoms with E-state index in [0.29, 0.717) is 5.82 Å². The third-order valence-corrected chi connectivity index (χ3v) is 5.01. The van der Waals surface area contributed by atoms with E-state index in [-0.39, 0.29) is 6.10 Å². The van der Waals surface area contributed by atoms with E-state index < -0.39 is 0 Å². The number of pyridine rings is 1. The van der Waals surface area contributed by atoms with Gasteiger partial charge in [-0.05, 0) is 19.1 Å². The lowest BCUT2D eigenvalue weighted by Crippen LogP contribution is -2.41. The van der Waals surface area contributed by atoms with Crippen LogP contribution in [0, 0.1) is 0 Å². The monoisotopic (exact) mass is 315 g/mol. The number of fused-ring (bicyclic) bond motifs is 1. The van der Waals surface area contributed by atoms with Gasteiger partial charge >= 0.3 is 0 Å². The van der Waals surface area contributed by atoms with E-state index in [2.05, 4.69) is 33.1 Å². The molecule has 0 spiro atoms. The maximum Gasteiger partial charge on any atom is 0.126 e. The fraction of sp³-hybridized carbons (Fsp3) is 0.333. The van der Waals surface area contributed by atoms with Crippen molar-refractivity contribution in [2.75, 3.05) is 30.3 Å². The number of H-pyrrole nitrogens is 1. The SMILES string of the molecule is C[C@@H]1CN(c2cc(N)nc3cc(-c4ccn[nH]4)sc23)CCO1. The number of nitrogen functional groups attached to an aromatic ring is 1. The average Bonchev–Trinajstić information content (AvgIpc) is 3.15. The first-order valence-electron chi connectivity index (χ1n) is 7.27. The van der Waals surface area contributed by atoms with Gasteiger partial charge in [-0.15, -0.1) is 11.3 Å². The van der Waals surface area contributed by atoms with Crippen molar-refractivity contribution in [3.8, 4) is 10.6 Å². The van der Waals surface area contributed by atoms with E-state index in [4.69, 9.17) is 10.5 Å². The highest BCUT2D eigenvalue weighted by Crippen LogP contribution is 2.38. The maximum absolute atomic E-state index is 6.01. The third kappa shape index (κ3) is 2.32. The first-order valence-corrected chi connectivity index (χ1v) is 8.09. The fourth-order valence-corrected chi connectivity index (χ4v) is 3.94. The van der Waals surface area contributed by atoms with Crippen LogP contribution in [0.2, 0.25) is 0 Å². The summed E-state index contributed by atoms with van der Waals surface area (Å²) >= 11 is 1.71. The van der Waals surface area contributed by atoms with Crippen molar-refractivity contribution < 1.29 is 4.74 Å². The molecule has 3 aromatic heterocycles. The van der Waals surface area contributed by atoms with Crippen molar-refractivity contribution in [1.82, 2.24) is 15.2 Å². The standard InChI is InChI=1S/C15H17N5OS/c1-9-8-20(4-5-21-9)12-7-14(16)18-11-6-13(22-15(11)12)10-2-3-17-19-10/h2-3,6-7,9H,4-5,8H2,1H3,(H2,16,18)(H,17,19)/t9-/m1/s1. The van der Waals surface area contributed by atoms with Crippen LogP contribution in [0.5, 0.6) is 0 Å². The summed E-state index contributed by atoms with van der Waals surface area (Å²) in [7, 11) is 0. The second-order valence-corrected chi connectivity index (χ2v) is 6.54. The summed E-state index contributed by atoms with van der Waals surface area (Å²) in [4.78, 5) is 7.93. The largest absolute Gasteiger partial charge is 0.384 e. The summed E-state index contributed by atoms with van der Waals surface area (Å²) in [6.07, 6.45) is 1.98. The van der Waals surface area contributed by atoms with Gasteiger partial charge in [0.1, 0.15) is 5.82 Å². The molecule has 0 saturated carbocycles. The Bertz CT molecular complexity index is 798. The van der Waals surface area contributed by atoms with Gasteiger partial charge in [-0.25, -0.2) is 4.98 Å². The van der Waals surface area contributed by atoms with Crippen LogP contribution in [0.3, 0.4) is 0 Å². The van der Waals surface area contributed by atoms with Crippen molar-refractivity contribution in [3.05, 3.63) is 24.4 Å². The summed E-state index contributed by atoms with van der Waals surface area (Å²) in [6.45, 7) is 4.58. The molecule has 3 aromatic rings. The molecule has 4 heterocycles. The molecule has 0 bridgehead atoms. The number of rotatable bonds is 2. The minimum Gasteiger partial charge on any atom is -0.384 e. The Morgan fingerprint density at radius 3 is 3.14 bits per heavy atom. The number of nitrogens with zero attached hydrogens (tertiary/aromatic N) is 3. The van der Waals surface area contributed by atoms with E-state index in [1.807, 2.05) is 12.1 Å².